The van der Waals surface area contributed by atoms with Gasteiger partial charge in [0.25, 0.3) is 5.91 Å². The lowest BCUT2D eigenvalue weighted by molar-refractivity contribution is -0.145. The number of amides is 1. The van der Waals surface area contributed by atoms with Gasteiger partial charge in [-0.3, -0.25) is 9.59 Å². The lowest BCUT2D eigenvalue weighted by Gasteiger charge is -2.26. The first-order valence-electron chi connectivity index (χ1n) is 11.0. The number of hydrogen-bond acceptors (Lipinski definition) is 4. The second kappa shape index (κ2) is 12.3. The molecule has 0 saturated carbocycles. The van der Waals surface area contributed by atoms with E-state index in [-0.39, 0.29) is 47.7 Å². The van der Waals surface area contributed by atoms with Crippen molar-refractivity contribution in [1.82, 2.24) is 15.1 Å². The minimum absolute atomic E-state index is 0. The first-order valence-corrected chi connectivity index (χ1v) is 11.0. The monoisotopic (exact) mass is 542 g/mol. The maximum Gasteiger partial charge on any atom is 0.310 e. The maximum absolute atomic E-state index is 12.6. The van der Waals surface area contributed by atoms with Crippen LogP contribution in [0.5, 0.6) is 0 Å². The van der Waals surface area contributed by atoms with E-state index < -0.39 is 0 Å². The summed E-state index contributed by atoms with van der Waals surface area (Å²) in [5.74, 6) is 0.873. The summed E-state index contributed by atoms with van der Waals surface area (Å²) in [5.41, 5.74) is 1.79. The molecule has 7 nitrogen and oxygen atoms in total. The SMILES string of the molecule is CCNC(=NCc1ccc(C(=O)N2CCCCC2)cc1)N1CC(C)C(C(=O)OC)C1.I. The summed E-state index contributed by atoms with van der Waals surface area (Å²) >= 11 is 0. The van der Waals surface area contributed by atoms with Crippen molar-refractivity contribution in [3.8, 4) is 0 Å². The fourth-order valence-corrected chi connectivity index (χ4v) is 4.22. The Balaban J connectivity index is 0.00000341. The van der Waals surface area contributed by atoms with Gasteiger partial charge in [-0.1, -0.05) is 19.1 Å². The Labute approximate surface area is 202 Å². The van der Waals surface area contributed by atoms with Gasteiger partial charge >= 0.3 is 5.97 Å². The van der Waals surface area contributed by atoms with Gasteiger partial charge in [-0.25, -0.2) is 4.99 Å². The molecule has 1 aromatic rings. The van der Waals surface area contributed by atoms with Crippen LogP contribution < -0.4 is 5.32 Å². The number of rotatable bonds is 5. The van der Waals surface area contributed by atoms with Crippen LogP contribution in [-0.2, 0) is 16.1 Å². The van der Waals surface area contributed by atoms with Gasteiger partial charge in [-0.05, 0) is 49.8 Å². The molecule has 3 rings (SSSR count). The third-order valence-electron chi connectivity index (χ3n) is 6.01. The van der Waals surface area contributed by atoms with Gasteiger partial charge in [0.15, 0.2) is 5.96 Å². The van der Waals surface area contributed by atoms with Crippen LogP contribution in [0.15, 0.2) is 29.3 Å². The molecular formula is C23H35IN4O3. The van der Waals surface area contributed by atoms with E-state index in [0.29, 0.717) is 13.1 Å². The average molecular weight is 542 g/mol. The normalized spacial score (nSPS) is 21.5. The van der Waals surface area contributed by atoms with E-state index in [9.17, 15) is 9.59 Å². The van der Waals surface area contributed by atoms with E-state index >= 15 is 0 Å². The molecule has 2 heterocycles. The van der Waals surface area contributed by atoms with Crippen molar-refractivity contribution in [2.75, 3.05) is 39.8 Å². The zero-order valence-electron chi connectivity index (χ0n) is 18.8. The van der Waals surface area contributed by atoms with Crippen LogP contribution in [0.4, 0.5) is 0 Å². The van der Waals surface area contributed by atoms with Crippen LogP contribution in [0.2, 0.25) is 0 Å². The first-order chi connectivity index (χ1) is 14.5. The zero-order valence-corrected chi connectivity index (χ0v) is 21.1. The standard InChI is InChI=1S/C23H34N4O3.HI/c1-4-24-23(27-15-17(2)20(16-27)22(29)30-3)25-14-18-8-10-19(11-9-18)21(28)26-12-6-5-7-13-26;/h8-11,17,20H,4-7,12-16H2,1-3H3,(H,24,25);1H. The number of halogens is 1. The third-order valence-corrected chi connectivity index (χ3v) is 6.01. The predicted octanol–water partition coefficient (Wildman–Crippen LogP) is 3.14. The Kier molecular flexibility index (Phi) is 10.1. The van der Waals surface area contributed by atoms with Crippen molar-refractivity contribution in [1.29, 1.82) is 0 Å². The van der Waals surface area contributed by atoms with Crippen LogP contribution in [0.3, 0.4) is 0 Å². The van der Waals surface area contributed by atoms with Gasteiger partial charge in [-0.15, -0.1) is 24.0 Å². The molecule has 31 heavy (non-hydrogen) atoms. The molecule has 2 aliphatic heterocycles. The molecule has 0 aromatic heterocycles. The number of carbonyl (C=O) groups excluding carboxylic acids is 2. The van der Waals surface area contributed by atoms with Crippen molar-refractivity contribution in [3.63, 3.8) is 0 Å². The molecule has 0 aliphatic carbocycles. The summed E-state index contributed by atoms with van der Waals surface area (Å²) in [6, 6.07) is 7.77. The number of aliphatic imine (C=N–C) groups is 1. The highest BCUT2D eigenvalue weighted by Gasteiger charge is 2.36. The fraction of sp³-hybridized carbons (Fsp3) is 0.609. The molecule has 1 aromatic carbocycles. The highest BCUT2D eigenvalue weighted by atomic mass is 127. The van der Waals surface area contributed by atoms with Crippen LogP contribution in [0, 0.1) is 11.8 Å². The topological polar surface area (TPSA) is 74.2 Å². The summed E-state index contributed by atoms with van der Waals surface area (Å²) in [5, 5.41) is 3.33. The maximum atomic E-state index is 12.6. The van der Waals surface area contributed by atoms with E-state index in [1.165, 1.54) is 13.5 Å². The smallest absolute Gasteiger partial charge is 0.310 e. The van der Waals surface area contributed by atoms with Gasteiger partial charge in [0, 0.05) is 38.3 Å². The van der Waals surface area contributed by atoms with Crippen molar-refractivity contribution in [3.05, 3.63) is 35.4 Å². The Morgan fingerprint density at radius 1 is 1.10 bits per heavy atom. The minimum atomic E-state index is -0.158. The number of benzene rings is 1. The number of hydrogen-bond donors (Lipinski definition) is 1. The molecule has 2 aliphatic rings. The molecule has 0 bridgehead atoms. The van der Waals surface area contributed by atoms with E-state index in [0.717, 1.165) is 56.1 Å². The van der Waals surface area contributed by atoms with Gasteiger partial charge in [0.05, 0.1) is 19.6 Å². The van der Waals surface area contributed by atoms with Crippen molar-refractivity contribution >= 4 is 41.8 Å². The van der Waals surface area contributed by atoms with Crippen molar-refractivity contribution in [2.24, 2.45) is 16.8 Å². The summed E-state index contributed by atoms with van der Waals surface area (Å²) in [4.78, 5) is 33.5. The van der Waals surface area contributed by atoms with Crippen LogP contribution in [0.25, 0.3) is 0 Å². The fourth-order valence-electron chi connectivity index (χ4n) is 4.22. The first kappa shape index (κ1) is 25.4. The molecule has 2 atom stereocenters. The number of nitrogens with zero attached hydrogens (tertiary/aromatic N) is 3. The van der Waals surface area contributed by atoms with E-state index in [2.05, 4.69) is 17.1 Å². The van der Waals surface area contributed by atoms with E-state index in [1.54, 1.807) is 0 Å². The number of carbonyl (C=O) groups is 2. The highest BCUT2D eigenvalue weighted by Crippen LogP contribution is 2.24. The number of methoxy groups -OCH3 is 1. The van der Waals surface area contributed by atoms with Gasteiger partial charge in [0.2, 0.25) is 0 Å². The summed E-state index contributed by atoms with van der Waals surface area (Å²) in [6.45, 7) is 8.49. The molecule has 1 N–H and O–H groups in total. The lowest BCUT2D eigenvalue weighted by Crippen LogP contribution is -2.40. The molecule has 1 amide bonds. The van der Waals surface area contributed by atoms with Crippen molar-refractivity contribution < 1.29 is 14.3 Å². The van der Waals surface area contributed by atoms with Gasteiger partial charge in [0.1, 0.15) is 0 Å². The van der Waals surface area contributed by atoms with Crippen LogP contribution >= 0.6 is 24.0 Å². The lowest BCUT2D eigenvalue weighted by atomic mass is 9.99. The Morgan fingerprint density at radius 3 is 2.39 bits per heavy atom. The zero-order chi connectivity index (χ0) is 21.5. The molecule has 0 spiro atoms. The number of nitrogens with one attached hydrogen (secondary N) is 1. The van der Waals surface area contributed by atoms with E-state index in [1.807, 2.05) is 36.1 Å². The second-order valence-electron chi connectivity index (χ2n) is 8.23. The predicted molar refractivity (Wildman–Crippen MR) is 133 cm³/mol. The minimum Gasteiger partial charge on any atom is -0.469 e. The van der Waals surface area contributed by atoms with Gasteiger partial charge < -0.3 is 19.9 Å². The average Bonchev–Trinajstić information content (AvgIpc) is 3.18. The molecule has 0 radical (unpaired) electrons. The third kappa shape index (κ3) is 6.57. The molecular weight excluding hydrogens is 507 g/mol. The Bertz CT molecular complexity index is 763. The Hall–Kier alpha value is -1.84. The summed E-state index contributed by atoms with van der Waals surface area (Å²) in [7, 11) is 1.44. The molecule has 2 fully saturated rings. The van der Waals surface area contributed by atoms with E-state index in [4.69, 9.17) is 9.73 Å². The van der Waals surface area contributed by atoms with Gasteiger partial charge in [-0.2, -0.15) is 0 Å². The number of esters is 1. The van der Waals surface area contributed by atoms with Crippen LogP contribution in [0.1, 0.15) is 49.0 Å². The summed E-state index contributed by atoms with van der Waals surface area (Å²) < 4.78 is 4.94. The van der Waals surface area contributed by atoms with Crippen molar-refractivity contribution in [2.45, 2.75) is 39.7 Å². The number of likely N-dealkylation sites (tertiary alicyclic amines) is 2. The molecule has 172 valence electrons. The Morgan fingerprint density at radius 2 is 1.77 bits per heavy atom. The highest BCUT2D eigenvalue weighted by molar-refractivity contribution is 14.0. The summed E-state index contributed by atoms with van der Waals surface area (Å²) in [6.07, 6.45) is 3.40. The number of piperidine rings is 1. The molecule has 2 unspecified atom stereocenters. The molecule has 8 heteroatoms. The number of ether oxygens (including phenoxy) is 1. The van der Waals surface area contributed by atoms with Crippen LogP contribution in [-0.4, -0.2) is 67.5 Å². The quantitative estimate of drug-likeness (QED) is 0.268. The largest absolute Gasteiger partial charge is 0.469 e. The molecule has 2 saturated heterocycles. The second-order valence-corrected chi connectivity index (χ2v) is 8.23. The number of guanidine groups is 1.